The van der Waals surface area contributed by atoms with E-state index in [0.29, 0.717) is 0 Å². The lowest BCUT2D eigenvalue weighted by molar-refractivity contribution is -0.130. The molecule has 0 spiro atoms. The summed E-state index contributed by atoms with van der Waals surface area (Å²) in [6.07, 6.45) is 0. The zero-order valence-corrected chi connectivity index (χ0v) is 15.8. The number of amides is 1. The maximum Gasteiger partial charge on any atom is 0.219 e. The fourth-order valence-electron chi connectivity index (χ4n) is 2.68. The Morgan fingerprint density at radius 1 is 1.29 bits per heavy atom. The Labute approximate surface area is 148 Å². The third-order valence-electron chi connectivity index (χ3n) is 4.23. The second kappa shape index (κ2) is 9.64. The first-order valence-corrected chi connectivity index (χ1v) is 9.51. The lowest BCUT2D eigenvalue weighted by Gasteiger charge is -2.34. The van der Waals surface area contributed by atoms with Crippen molar-refractivity contribution < 1.29 is 4.79 Å². The van der Waals surface area contributed by atoms with Gasteiger partial charge in [0.1, 0.15) is 0 Å². The molecule has 0 bridgehead atoms. The molecule has 0 aromatic carbocycles. The summed E-state index contributed by atoms with van der Waals surface area (Å²) < 4.78 is 0. The SMILES string of the molecule is CCNC(=NCc1sccc1C)NCCN1CCN(C(C)=O)CC1. The first-order chi connectivity index (χ1) is 11.6. The van der Waals surface area contributed by atoms with Crippen molar-refractivity contribution in [3.63, 3.8) is 0 Å². The van der Waals surface area contributed by atoms with Crippen LogP contribution in [-0.4, -0.2) is 67.5 Å². The molecule has 2 rings (SSSR count). The molecule has 1 saturated heterocycles. The molecule has 1 aromatic heterocycles. The predicted molar refractivity (Wildman–Crippen MR) is 101 cm³/mol. The second-order valence-electron chi connectivity index (χ2n) is 6.00. The van der Waals surface area contributed by atoms with E-state index in [1.807, 2.05) is 4.90 Å². The number of rotatable bonds is 6. The van der Waals surface area contributed by atoms with Crippen LogP contribution < -0.4 is 10.6 Å². The van der Waals surface area contributed by atoms with Gasteiger partial charge >= 0.3 is 0 Å². The van der Waals surface area contributed by atoms with E-state index >= 15 is 0 Å². The summed E-state index contributed by atoms with van der Waals surface area (Å²) >= 11 is 1.76. The molecule has 0 saturated carbocycles. The van der Waals surface area contributed by atoms with Crippen molar-refractivity contribution in [2.24, 2.45) is 4.99 Å². The zero-order valence-electron chi connectivity index (χ0n) is 15.0. The van der Waals surface area contributed by atoms with Gasteiger partial charge in [0, 0.05) is 57.6 Å². The Morgan fingerprint density at radius 3 is 2.62 bits per heavy atom. The Hall–Kier alpha value is -1.60. The standard InChI is InChI=1S/C17H29N5OS/c1-4-18-17(20-13-16-14(2)5-12-24-16)19-6-7-21-8-10-22(11-9-21)15(3)23/h5,12H,4,6-11,13H2,1-3H3,(H2,18,19,20). The Kier molecular flexibility index (Phi) is 7.52. The van der Waals surface area contributed by atoms with E-state index in [4.69, 9.17) is 0 Å². The molecule has 7 heteroatoms. The van der Waals surface area contributed by atoms with Crippen molar-refractivity contribution in [1.82, 2.24) is 20.4 Å². The van der Waals surface area contributed by atoms with Crippen molar-refractivity contribution in [1.29, 1.82) is 0 Å². The zero-order chi connectivity index (χ0) is 17.4. The largest absolute Gasteiger partial charge is 0.357 e. The maximum absolute atomic E-state index is 11.3. The number of aryl methyl sites for hydroxylation is 1. The van der Waals surface area contributed by atoms with Crippen LogP contribution in [0.25, 0.3) is 0 Å². The minimum absolute atomic E-state index is 0.179. The lowest BCUT2D eigenvalue weighted by Crippen LogP contribution is -2.50. The molecule has 0 atom stereocenters. The second-order valence-corrected chi connectivity index (χ2v) is 7.00. The molecule has 24 heavy (non-hydrogen) atoms. The van der Waals surface area contributed by atoms with Crippen molar-refractivity contribution in [3.8, 4) is 0 Å². The van der Waals surface area contributed by atoms with Gasteiger partial charge in [-0.2, -0.15) is 0 Å². The first-order valence-electron chi connectivity index (χ1n) is 8.63. The number of carbonyl (C=O) groups excluding carboxylic acids is 1. The molecule has 1 fully saturated rings. The lowest BCUT2D eigenvalue weighted by atomic mass is 10.3. The molecule has 134 valence electrons. The van der Waals surface area contributed by atoms with Crippen molar-refractivity contribution in [2.75, 3.05) is 45.8 Å². The van der Waals surface area contributed by atoms with Crippen LogP contribution >= 0.6 is 11.3 Å². The highest BCUT2D eigenvalue weighted by molar-refractivity contribution is 7.10. The van der Waals surface area contributed by atoms with Gasteiger partial charge in [-0.3, -0.25) is 9.69 Å². The van der Waals surface area contributed by atoms with Crippen LogP contribution in [0.15, 0.2) is 16.4 Å². The molecule has 0 aliphatic carbocycles. The molecule has 2 heterocycles. The number of thiophene rings is 1. The summed E-state index contributed by atoms with van der Waals surface area (Å²) in [6, 6.07) is 2.14. The van der Waals surface area contributed by atoms with Gasteiger partial charge in [-0.05, 0) is 30.9 Å². The van der Waals surface area contributed by atoms with Crippen LogP contribution in [0.2, 0.25) is 0 Å². The van der Waals surface area contributed by atoms with E-state index in [9.17, 15) is 4.79 Å². The monoisotopic (exact) mass is 351 g/mol. The average Bonchev–Trinajstić information content (AvgIpc) is 2.98. The Bertz CT molecular complexity index is 549. The van der Waals surface area contributed by atoms with E-state index in [1.54, 1.807) is 18.3 Å². The quantitative estimate of drug-likeness (QED) is 0.599. The number of guanidine groups is 1. The van der Waals surface area contributed by atoms with Crippen molar-refractivity contribution >= 4 is 23.2 Å². The fourth-order valence-corrected chi connectivity index (χ4v) is 3.51. The minimum atomic E-state index is 0.179. The van der Waals surface area contributed by atoms with Gasteiger partial charge < -0.3 is 15.5 Å². The first kappa shape index (κ1) is 18.7. The maximum atomic E-state index is 11.3. The molecular formula is C17H29N5OS. The van der Waals surface area contributed by atoms with Gasteiger partial charge in [0.2, 0.25) is 5.91 Å². The summed E-state index contributed by atoms with van der Waals surface area (Å²) in [4.78, 5) is 21.6. The summed E-state index contributed by atoms with van der Waals surface area (Å²) in [5.41, 5.74) is 1.31. The number of hydrogen-bond acceptors (Lipinski definition) is 4. The molecule has 0 radical (unpaired) electrons. The van der Waals surface area contributed by atoms with Crippen LogP contribution in [0.1, 0.15) is 24.3 Å². The molecule has 0 unspecified atom stereocenters. The highest BCUT2D eigenvalue weighted by Crippen LogP contribution is 2.16. The molecule has 1 aromatic rings. The van der Waals surface area contributed by atoms with E-state index < -0.39 is 0 Å². The van der Waals surface area contributed by atoms with Gasteiger partial charge in [-0.15, -0.1) is 11.3 Å². The van der Waals surface area contributed by atoms with Gasteiger partial charge in [-0.25, -0.2) is 4.99 Å². The summed E-state index contributed by atoms with van der Waals surface area (Å²) in [7, 11) is 0. The minimum Gasteiger partial charge on any atom is -0.357 e. The number of piperazine rings is 1. The molecular weight excluding hydrogens is 322 g/mol. The van der Waals surface area contributed by atoms with E-state index in [0.717, 1.165) is 58.3 Å². The Morgan fingerprint density at radius 2 is 2.04 bits per heavy atom. The van der Waals surface area contributed by atoms with E-state index in [2.05, 4.69) is 45.8 Å². The normalized spacial score (nSPS) is 16.3. The highest BCUT2D eigenvalue weighted by Gasteiger charge is 2.17. The molecule has 6 nitrogen and oxygen atoms in total. The van der Waals surface area contributed by atoms with E-state index in [1.165, 1.54) is 10.4 Å². The summed E-state index contributed by atoms with van der Waals surface area (Å²) in [5, 5.41) is 8.81. The van der Waals surface area contributed by atoms with E-state index in [-0.39, 0.29) is 5.91 Å². The summed E-state index contributed by atoms with van der Waals surface area (Å²) in [5.74, 6) is 1.05. The smallest absolute Gasteiger partial charge is 0.219 e. The summed E-state index contributed by atoms with van der Waals surface area (Å²) in [6.45, 7) is 12.8. The predicted octanol–water partition coefficient (Wildman–Crippen LogP) is 1.28. The topological polar surface area (TPSA) is 60.0 Å². The molecule has 1 aliphatic rings. The third kappa shape index (κ3) is 5.79. The van der Waals surface area contributed by atoms with Gasteiger partial charge in [0.25, 0.3) is 0 Å². The van der Waals surface area contributed by atoms with Crippen molar-refractivity contribution in [3.05, 3.63) is 21.9 Å². The van der Waals surface area contributed by atoms with Gasteiger partial charge in [0.05, 0.1) is 6.54 Å². The third-order valence-corrected chi connectivity index (χ3v) is 5.24. The number of nitrogens with zero attached hydrogens (tertiary/aromatic N) is 3. The average molecular weight is 352 g/mol. The van der Waals surface area contributed by atoms with Crippen molar-refractivity contribution in [2.45, 2.75) is 27.3 Å². The van der Waals surface area contributed by atoms with Crippen LogP contribution in [-0.2, 0) is 11.3 Å². The fraction of sp³-hybridized carbons (Fsp3) is 0.647. The highest BCUT2D eigenvalue weighted by atomic mass is 32.1. The van der Waals surface area contributed by atoms with Gasteiger partial charge in [0.15, 0.2) is 5.96 Å². The molecule has 2 N–H and O–H groups in total. The van der Waals surface area contributed by atoms with Gasteiger partial charge in [-0.1, -0.05) is 0 Å². The molecule has 1 amide bonds. The van der Waals surface area contributed by atoms with Crippen LogP contribution in [0.4, 0.5) is 0 Å². The number of carbonyl (C=O) groups is 1. The number of aliphatic imine (C=N–C) groups is 1. The molecule has 1 aliphatic heterocycles. The van der Waals surface area contributed by atoms with Crippen LogP contribution in [0, 0.1) is 6.92 Å². The number of nitrogens with one attached hydrogen (secondary N) is 2. The number of hydrogen-bond donors (Lipinski definition) is 2. The van der Waals surface area contributed by atoms with Crippen LogP contribution in [0.5, 0.6) is 0 Å². The Balaban J connectivity index is 1.73. The van der Waals surface area contributed by atoms with Crippen LogP contribution in [0.3, 0.4) is 0 Å².